The van der Waals surface area contributed by atoms with E-state index in [1.165, 1.54) is 5.57 Å². The Morgan fingerprint density at radius 1 is 1.44 bits per heavy atom. The lowest BCUT2D eigenvalue weighted by Crippen LogP contribution is -2.07. The number of aromatic nitrogens is 1. The third kappa shape index (κ3) is 2.96. The Balaban J connectivity index is 1.91. The number of rotatable bonds is 3. The van der Waals surface area contributed by atoms with Gasteiger partial charge in [0.15, 0.2) is 0 Å². The van der Waals surface area contributed by atoms with Crippen molar-refractivity contribution in [2.45, 2.75) is 20.3 Å². The molecule has 1 aliphatic rings. The standard InChI is InChI=1S/C14H18N2/c1-11-6-8-13(9-7-11)10-15-14-5-3-4-12(2)16-14/h3-6,8-9,11H,7,10H2,1-2H3,(H,15,16). The minimum absolute atomic E-state index is 0.681. The Morgan fingerprint density at radius 3 is 3.00 bits per heavy atom. The molecule has 84 valence electrons. The summed E-state index contributed by atoms with van der Waals surface area (Å²) in [6, 6.07) is 6.03. The number of allylic oxidation sites excluding steroid dienone is 2. The Bertz CT molecular complexity index is 418. The number of hydrogen-bond donors (Lipinski definition) is 1. The molecule has 16 heavy (non-hydrogen) atoms. The summed E-state index contributed by atoms with van der Waals surface area (Å²) in [5.41, 5.74) is 2.40. The molecule has 1 unspecified atom stereocenters. The summed E-state index contributed by atoms with van der Waals surface area (Å²) < 4.78 is 0. The van der Waals surface area contributed by atoms with Crippen LogP contribution in [0.2, 0.25) is 0 Å². The van der Waals surface area contributed by atoms with Gasteiger partial charge in [0.25, 0.3) is 0 Å². The van der Waals surface area contributed by atoms with Gasteiger partial charge < -0.3 is 5.32 Å². The number of anilines is 1. The summed E-state index contributed by atoms with van der Waals surface area (Å²) in [6.07, 6.45) is 7.92. The monoisotopic (exact) mass is 214 g/mol. The van der Waals surface area contributed by atoms with Crippen LogP contribution >= 0.6 is 0 Å². The van der Waals surface area contributed by atoms with Gasteiger partial charge in [-0.05, 0) is 37.0 Å². The van der Waals surface area contributed by atoms with E-state index >= 15 is 0 Å². The summed E-state index contributed by atoms with van der Waals surface area (Å²) >= 11 is 0. The van der Waals surface area contributed by atoms with Crippen molar-refractivity contribution in [2.75, 3.05) is 11.9 Å². The summed E-state index contributed by atoms with van der Waals surface area (Å²) in [4.78, 5) is 4.41. The zero-order valence-corrected chi connectivity index (χ0v) is 9.90. The SMILES string of the molecule is Cc1cccc(NCC2=CCC(C)C=C2)n1. The maximum absolute atomic E-state index is 4.41. The second kappa shape index (κ2) is 4.97. The van der Waals surface area contributed by atoms with Gasteiger partial charge in [-0.3, -0.25) is 0 Å². The zero-order chi connectivity index (χ0) is 11.4. The zero-order valence-electron chi connectivity index (χ0n) is 9.90. The first-order valence-electron chi connectivity index (χ1n) is 5.79. The first-order chi connectivity index (χ1) is 7.74. The Morgan fingerprint density at radius 2 is 2.31 bits per heavy atom. The largest absolute Gasteiger partial charge is 0.366 e. The van der Waals surface area contributed by atoms with Crippen molar-refractivity contribution >= 4 is 5.82 Å². The Hall–Kier alpha value is -1.57. The van der Waals surface area contributed by atoms with Gasteiger partial charge in [-0.2, -0.15) is 0 Å². The van der Waals surface area contributed by atoms with Crippen LogP contribution in [0.3, 0.4) is 0 Å². The molecular weight excluding hydrogens is 196 g/mol. The highest BCUT2D eigenvalue weighted by Crippen LogP contribution is 2.15. The van der Waals surface area contributed by atoms with Crippen LogP contribution in [0.15, 0.2) is 42.0 Å². The first kappa shape index (κ1) is 10.9. The molecule has 0 radical (unpaired) electrons. The van der Waals surface area contributed by atoms with E-state index in [1.807, 2.05) is 25.1 Å². The number of pyridine rings is 1. The minimum Gasteiger partial charge on any atom is -0.366 e. The van der Waals surface area contributed by atoms with Crippen molar-refractivity contribution in [3.05, 3.63) is 47.7 Å². The third-order valence-corrected chi connectivity index (χ3v) is 2.75. The molecule has 1 N–H and O–H groups in total. The first-order valence-corrected chi connectivity index (χ1v) is 5.79. The minimum atomic E-state index is 0.681. The van der Waals surface area contributed by atoms with Crippen molar-refractivity contribution in [1.82, 2.24) is 4.98 Å². The van der Waals surface area contributed by atoms with Crippen LogP contribution in [0.4, 0.5) is 5.82 Å². The average molecular weight is 214 g/mol. The van der Waals surface area contributed by atoms with E-state index in [2.05, 4.69) is 35.5 Å². The lowest BCUT2D eigenvalue weighted by atomic mass is 9.99. The summed E-state index contributed by atoms with van der Waals surface area (Å²) in [5, 5.41) is 3.34. The second-order valence-corrected chi connectivity index (χ2v) is 4.37. The van der Waals surface area contributed by atoms with Crippen LogP contribution in [-0.2, 0) is 0 Å². The van der Waals surface area contributed by atoms with Crippen LogP contribution < -0.4 is 5.32 Å². The lowest BCUT2D eigenvalue weighted by molar-refractivity contribution is 0.729. The molecule has 2 rings (SSSR count). The van der Waals surface area contributed by atoms with Crippen molar-refractivity contribution in [2.24, 2.45) is 5.92 Å². The van der Waals surface area contributed by atoms with E-state index in [1.54, 1.807) is 0 Å². The molecule has 0 saturated carbocycles. The van der Waals surface area contributed by atoms with E-state index in [4.69, 9.17) is 0 Å². The second-order valence-electron chi connectivity index (χ2n) is 4.37. The maximum atomic E-state index is 4.41. The summed E-state index contributed by atoms with van der Waals surface area (Å²) in [7, 11) is 0. The van der Waals surface area contributed by atoms with Gasteiger partial charge in [0.2, 0.25) is 0 Å². The van der Waals surface area contributed by atoms with Crippen LogP contribution in [0, 0.1) is 12.8 Å². The molecule has 0 saturated heterocycles. The highest BCUT2D eigenvalue weighted by atomic mass is 15.0. The highest BCUT2D eigenvalue weighted by Gasteiger charge is 2.03. The number of nitrogens with one attached hydrogen (secondary N) is 1. The van der Waals surface area contributed by atoms with Gasteiger partial charge in [-0.15, -0.1) is 0 Å². The van der Waals surface area contributed by atoms with Gasteiger partial charge in [0.05, 0.1) is 0 Å². The van der Waals surface area contributed by atoms with E-state index in [0.29, 0.717) is 5.92 Å². The van der Waals surface area contributed by atoms with Crippen molar-refractivity contribution in [3.8, 4) is 0 Å². The molecule has 0 spiro atoms. The van der Waals surface area contributed by atoms with Gasteiger partial charge in [-0.25, -0.2) is 4.98 Å². The van der Waals surface area contributed by atoms with Crippen molar-refractivity contribution < 1.29 is 0 Å². The molecule has 1 aliphatic carbocycles. The molecule has 1 atom stereocenters. The van der Waals surface area contributed by atoms with E-state index in [-0.39, 0.29) is 0 Å². The molecule has 0 bridgehead atoms. The molecule has 1 aromatic heterocycles. The molecule has 1 aromatic rings. The molecule has 2 nitrogen and oxygen atoms in total. The van der Waals surface area contributed by atoms with Crippen LogP contribution in [0.1, 0.15) is 19.0 Å². The lowest BCUT2D eigenvalue weighted by Gasteiger charge is -2.12. The number of hydrogen-bond acceptors (Lipinski definition) is 2. The summed E-state index contributed by atoms with van der Waals surface area (Å²) in [6.45, 7) is 5.10. The molecule has 2 heteroatoms. The average Bonchev–Trinajstić information content (AvgIpc) is 2.28. The van der Waals surface area contributed by atoms with E-state index in [0.717, 1.165) is 24.5 Å². The fourth-order valence-corrected chi connectivity index (χ4v) is 1.74. The normalized spacial score (nSPS) is 19.4. The van der Waals surface area contributed by atoms with Crippen LogP contribution in [0.5, 0.6) is 0 Å². The van der Waals surface area contributed by atoms with Gasteiger partial charge >= 0.3 is 0 Å². The Labute approximate surface area is 97.1 Å². The molecule has 1 heterocycles. The topological polar surface area (TPSA) is 24.9 Å². The molecule has 0 aliphatic heterocycles. The van der Waals surface area contributed by atoms with Crippen molar-refractivity contribution in [3.63, 3.8) is 0 Å². The van der Waals surface area contributed by atoms with Gasteiger partial charge in [-0.1, -0.05) is 31.2 Å². The fraction of sp³-hybridized carbons (Fsp3) is 0.357. The predicted octanol–water partition coefficient (Wildman–Crippen LogP) is 3.32. The quantitative estimate of drug-likeness (QED) is 0.834. The maximum Gasteiger partial charge on any atom is 0.126 e. The van der Waals surface area contributed by atoms with Crippen LogP contribution in [-0.4, -0.2) is 11.5 Å². The number of nitrogens with zero attached hydrogens (tertiary/aromatic N) is 1. The highest BCUT2D eigenvalue weighted by molar-refractivity contribution is 5.39. The molecule has 0 aromatic carbocycles. The fourth-order valence-electron chi connectivity index (χ4n) is 1.74. The van der Waals surface area contributed by atoms with Gasteiger partial charge in [0, 0.05) is 12.2 Å². The number of aryl methyl sites for hydroxylation is 1. The van der Waals surface area contributed by atoms with E-state index in [9.17, 15) is 0 Å². The summed E-state index contributed by atoms with van der Waals surface area (Å²) in [5.74, 6) is 1.63. The Kier molecular flexibility index (Phi) is 3.40. The van der Waals surface area contributed by atoms with E-state index < -0.39 is 0 Å². The smallest absolute Gasteiger partial charge is 0.126 e. The molecule has 0 amide bonds. The van der Waals surface area contributed by atoms with Gasteiger partial charge in [0.1, 0.15) is 5.82 Å². The third-order valence-electron chi connectivity index (χ3n) is 2.75. The predicted molar refractivity (Wildman–Crippen MR) is 68.5 cm³/mol. The van der Waals surface area contributed by atoms with Crippen LogP contribution in [0.25, 0.3) is 0 Å². The van der Waals surface area contributed by atoms with Crippen molar-refractivity contribution in [1.29, 1.82) is 0 Å². The molecular formula is C14H18N2. The molecule has 0 fully saturated rings.